The molecule has 0 aliphatic carbocycles. The van der Waals surface area contributed by atoms with E-state index >= 15 is 0 Å². The molecule has 0 aliphatic heterocycles. The molecule has 3 aromatic heterocycles. The van der Waals surface area contributed by atoms with E-state index in [9.17, 15) is 9.59 Å². The molecule has 1 aromatic carbocycles. The average molecular weight is 372 g/mol. The fourth-order valence-corrected chi connectivity index (χ4v) is 3.62. The van der Waals surface area contributed by atoms with Crippen molar-refractivity contribution in [1.82, 2.24) is 23.1 Å². The van der Waals surface area contributed by atoms with Crippen molar-refractivity contribution < 1.29 is 0 Å². The van der Waals surface area contributed by atoms with Gasteiger partial charge in [-0.2, -0.15) is 4.98 Å². The van der Waals surface area contributed by atoms with Crippen molar-refractivity contribution in [3.8, 4) is 0 Å². The van der Waals surface area contributed by atoms with Crippen molar-refractivity contribution in [2.75, 3.05) is 0 Å². The fraction of sp³-hybridized carbons (Fsp3) is 0.278. The van der Waals surface area contributed by atoms with E-state index in [4.69, 9.17) is 11.6 Å². The molecule has 4 rings (SSSR count). The summed E-state index contributed by atoms with van der Waals surface area (Å²) in [4.78, 5) is 30.4. The van der Waals surface area contributed by atoms with E-state index in [-0.39, 0.29) is 12.1 Å². The zero-order chi connectivity index (χ0) is 18.6. The van der Waals surface area contributed by atoms with Gasteiger partial charge in [-0.3, -0.25) is 18.3 Å². The first-order valence-electron chi connectivity index (χ1n) is 8.34. The minimum absolute atomic E-state index is 0.155. The molecule has 0 amide bonds. The molecule has 7 nitrogen and oxygen atoms in total. The lowest BCUT2D eigenvalue weighted by molar-refractivity contribution is 0.656. The standard InChI is InChI=1S/C18H18ClN5O2/c1-4-22-11(2)9-23-14-15(20-17(22)23)21(3)18(26)24(16(14)25)10-12-6-5-7-13(19)8-12/h5-9H,4,10H2,1-3H3. The Morgan fingerprint density at radius 1 is 1.19 bits per heavy atom. The number of nitrogens with zero attached hydrogens (tertiary/aromatic N) is 5. The van der Waals surface area contributed by atoms with Crippen LogP contribution in [-0.4, -0.2) is 23.1 Å². The van der Waals surface area contributed by atoms with Crippen LogP contribution in [0.2, 0.25) is 5.02 Å². The normalized spacial score (nSPS) is 11.7. The first-order valence-corrected chi connectivity index (χ1v) is 8.72. The monoisotopic (exact) mass is 371 g/mol. The van der Waals surface area contributed by atoms with Gasteiger partial charge in [-0.25, -0.2) is 4.79 Å². The smallest absolute Gasteiger partial charge is 0.314 e. The van der Waals surface area contributed by atoms with Crippen LogP contribution in [0.1, 0.15) is 18.2 Å². The molecule has 0 unspecified atom stereocenters. The van der Waals surface area contributed by atoms with Gasteiger partial charge in [-0.1, -0.05) is 23.7 Å². The van der Waals surface area contributed by atoms with Gasteiger partial charge in [0.2, 0.25) is 5.78 Å². The maximum atomic E-state index is 13.1. The van der Waals surface area contributed by atoms with Gasteiger partial charge in [0.25, 0.3) is 5.56 Å². The van der Waals surface area contributed by atoms with Gasteiger partial charge in [-0.15, -0.1) is 0 Å². The Kier molecular flexibility index (Phi) is 3.77. The SMILES string of the molecule is CCn1c(C)cn2c3c(=O)n(Cc4cccc(Cl)c4)c(=O)n(C)c3nc12. The Morgan fingerprint density at radius 3 is 2.65 bits per heavy atom. The third-order valence-corrected chi connectivity index (χ3v) is 4.92. The molecule has 0 atom stereocenters. The fourth-order valence-electron chi connectivity index (χ4n) is 3.40. The van der Waals surface area contributed by atoms with Crippen molar-refractivity contribution in [2.24, 2.45) is 7.05 Å². The minimum atomic E-state index is -0.400. The molecular weight excluding hydrogens is 354 g/mol. The van der Waals surface area contributed by atoms with Crippen molar-refractivity contribution in [2.45, 2.75) is 26.9 Å². The predicted octanol–water partition coefficient (Wildman–Crippen LogP) is 2.18. The molecule has 26 heavy (non-hydrogen) atoms. The van der Waals surface area contributed by atoms with Crippen LogP contribution in [0.3, 0.4) is 0 Å². The maximum Gasteiger partial charge on any atom is 0.332 e. The number of aromatic nitrogens is 5. The van der Waals surface area contributed by atoms with Gasteiger partial charge in [0, 0.05) is 30.5 Å². The first kappa shape index (κ1) is 16.7. The summed E-state index contributed by atoms with van der Waals surface area (Å²) in [6.45, 7) is 4.87. The molecule has 0 saturated carbocycles. The Labute approximate surface area is 153 Å². The third-order valence-electron chi connectivity index (χ3n) is 4.69. The molecule has 134 valence electrons. The number of halogens is 1. The van der Waals surface area contributed by atoms with Crippen LogP contribution in [0.5, 0.6) is 0 Å². The number of hydrogen-bond donors (Lipinski definition) is 0. The minimum Gasteiger partial charge on any atom is -0.314 e. The highest BCUT2D eigenvalue weighted by Crippen LogP contribution is 2.16. The Balaban J connectivity index is 2.04. The summed E-state index contributed by atoms with van der Waals surface area (Å²) in [5.74, 6) is 0.660. The second kappa shape index (κ2) is 5.88. The topological polar surface area (TPSA) is 66.2 Å². The van der Waals surface area contributed by atoms with Crippen LogP contribution in [0, 0.1) is 6.92 Å². The lowest BCUT2D eigenvalue weighted by atomic mass is 10.2. The third kappa shape index (κ3) is 2.31. The summed E-state index contributed by atoms with van der Waals surface area (Å²) in [7, 11) is 1.63. The summed E-state index contributed by atoms with van der Waals surface area (Å²) in [6.07, 6.45) is 1.88. The summed E-state index contributed by atoms with van der Waals surface area (Å²) in [5.41, 5.74) is 1.83. The Hall–Kier alpha value is -2.80. The van der Waals surface area contributed by atoms with Crippen LogP contribution in [0.4, 0.5) is 0 Å². The Morgan fingerprint density at radius 2 is 1.96 bits per heavy atom. The van der Waals surface area contributed by atoms with Gasteiger partial charge in [0.1, 0.15) is 0 Å². The number of aryl methyl sites for hydroxylation is 3. The average Bonchev–Trinajstić information content (AvgIpc) is 3.11. The van der Waals surface area contributed by atoms with Crippen molar-refractivity contribution in [1.29, 1.82) is 0 Å². The van der Waals surface area contributed by atoms with E-state index in [1.807, 2.05) is 30.7 Å². The highest BCUT2D eigenvalue weighted by atomic mass is 35.5. The molecule has 0 saturated heterocycles. The van der Waals surface area contributed by atoms with Gasteiger partial charge >= 0.3 is 5.69 Å². The molecule has 0 radical (unpaired) electrons. The van der Waals surface area contributed by atoms with Crippen molar-refractivity contribution in [3.63, 3.8) is 0 Å². The second-order valence-corrected chi connectivity index (χ2v) is 6.77. The number of hydrogen-bond acceptors (Lipinski definition) is 3. The van der Waals surface area contributed by atoms with Crippen molar-refractivity contribution in [3.05, 3.63) is 67.6 Å². The molecule has 0 aliphatic rings. The molecule has 8 heteroatoms. The summed E-state index contributed by atoms with van der Waals surface area (Å²) < 4.78 is 6.42. The van der Waals surface area contributed by atoms with Crippen molar-refractivity contribution >= 4 is 28.5 Å². The first-order chi connectivity index (χ1) is 12.4. The van der Waals surface area contributed by atoms with Crippen LogP contribution in [0.25, 0.3) is 16.9 Å². The van der Waals surface area contributed by atoms with Gasteiger partial charge < -0.3 is 4.57 Å². The van der Waals surface area contributed by atoms with E-state index in [2.05, 4.69) is 4.98 Å². The van der Waals surface area contributed by atoms with Crippen LogP contribution in [-0.2, 0) is 20.1 Å². The van der Waals surface area contributed by atoms with Gasteiger partial charge in [-0.05, 0) is 31.5 Å². The lowest BCUT2D eigenvalue weighted by Gasteiger charge is -2.08. The van der Waals surface area contributed by atoms with E-state index in [1.165, 1.54) is 9.13 Å². The van der Waals surface area contributed by atoms with E-state index in [1.54, 1.807) is 29.6 Å². The number of benzene rings is 1. The maximum absolute atomic E-state index is 13.1. The molecule has 0 spiro atoms. The number of fused-ring (bicyclic) bond motifs is 3. The second-order valence-electron chi connectivity index (χ2n) is 6.33. The van der Waals surface area contributed by atoms with E-state index < -0.39 is 5.69 Å². The zero-order valence-corrected chi connectivity index (χ0v) is 15.5. The molecular formula is C18H18ClN5O2. The molecule has 0 N–H and O–H groups in total. The highest BCUT2D eigenvalue weighted by Gasteiger charge is 2.19. The summed E-state index contributed by atoms with van der Waals surface area (Å²) in [6, 6.07) is 7.15. The lowest BCUT2D eigenvalue weighted by Crippen LogP contribution is -2.39. The predicted molar refractivity (Wildman–Crippen MR) is 101 cm³/mol. The molecule has 0 fully saturated rings. The van der Waals surface area contributed by atoms with E-state index in [0.717, 1.165) is 17.8 Å². The molecule has 3 heterocycles. The molecule has 4 aromatic rings. The summed E-state index contributed by atoms with van der Waals surface area (Å²) >= 11 is 6.03. The Bertz CT molecular complexity index is 1270. The zero-order valence-electron chi connectivity index (χ0n) is 14.7. The van der Waals surface area contributed by atoms with Crippen LogP contribution in [0.15, 0.2) is 40.1 Å². The number of rotatable bonds is 3. The highest BCUT2D eigenvalue weighted by molar-refractivity contribution is 6.30. The van der Waals surface area contributed by atoms with Crippen LogP contribution < -0.4 is 11.2 Å². The quantitative estimate of drug-likeness (QED) is 0.554. The van der Waals surface area contributed by atoms with Gasteiger partial charge in [0.15, 0.2) is 11.2 Å². The van der Waals surface area contributed by atoms with Crippen LogP contribution >= 0.6 is 11.6 Å². The van der Waals surface area contributed by atoms with Gasteiger partial charge in [0.05, 0.1) is 6.54 Å². The molecule has 0 bridgehead atoms. The largest absolute Gasteiger partial charge is 0.332 e. The number of imidazole rings is 2. The van der Waals surface area contributed by atoms with E-state index in [0.29, 0.717) is 22.0 Å². The summed E-state index contributed by atoms with van der Waals surface area (Å²) in [5, 5.41) is 0.566.